The van der Waals surface area contributed by atoms with Crippen molar-refractivity contribution in [1.29, 1.82) is 0 Å². The molecule has 114 valence electrons. The monoisotopic (exact) mass is 336 g/mol. The van der Waals surface area contributed by atoms with E-state index in [-0.39, 0.29) is 11.8 Å². The van der Waals surface area contributed by atoms with E-state index in [0.29, 0.717) is 21.3 Å². The van der Waals surface area contributed by atoms with Gasteiger partial charge in [0, 0.05) is 22.7 Å². The Balaban J connectivity index is 2.22. The maximum absolute atomic E-state index is 12.4. The Bertz CT molecular complexity index is 687. The molecular weight excluding hydrogens is 323 g/mol. The number of hydrogen-bond acceptors (Lipinski definition) is 2. The number of hydrogen-bond donors (Lipinski definition) is 2. The van der Waals surface area contributed by atoms with Crippen LogP contribution in [0.4, 0.5) is 5.69 Å². The molecule has 22 heavy (non-hydrogen) atoms. The molecule has 0 heterocycles. The van der Waals surface area contributed by atoms with Crippen molar-refractivity contribution in [3.8, 4) is 0 Å². The van der Waals surface area contributed by atoms with E-state index in [9.17, 15) is 9.59 Å². The standard InChI is InChI=1S/C16H14Cl2N2O2/c1-10(21)19-15(11-5-7-12(17)8-6-11)16(22)20-14-4-2-3-13(18)9-14/h2-9,15H,1H3,(H,19,21)(H,20,22). The van der Waals surface area contributed by atoms with Gasteiger partial charge >= 0.3 is 0 Å². The predicted molar refractivity (Wildman–Crippen MR) is 88.1 cm³/mol. The number of benzene rings is 2. The van der Waals surface area contributed by atoms with Gasteiger partial charge in [-0.15, -0.1) is 0 Å². The number of rotatable bonds is 4. The van der Waals surface area contributed by atoms with Crippen LogP contribution in [-0.4, -0.2) is 11.8 Å². The maximum atomic E-state index is 12.4. The number of amides is 2. The number of halogens is 2. The van der Waals surface area contributed by atoms with Crippen molar-refractivity contribution in [2.24, 2.45) is 0 Å². The first kappa shape index (κ1) is 16.3. The third kappa shape index (κ3) is 4.48. The molecule has 2 rings (SSSR count). The van der Waals surface area contributed by atoms with Crippen LogP contribution < -0.4 is 10.6 Å². The Labute approximate surface area is 138 Å². The van der Waals surface area contributed by atoms with Crippen LogP contribution in [0.3, 0.4) is 0 Å². The van der Waals surface area contributed by atoms with Gasteiger partial charge in [-0.1, -0.05) is 41.4 Å². The molecule has 1 atom stereocenters. The van der Waals surface area contributed by atoms with E-state index in [1.165, 1.54) is 6.92 Å². The molecule has 4 nitrogen and oxygen atoms in total. The third-order valence-electron chi connectivity index (χ3n) is 2.91. The van der Waals surface area contributed by atoms with E-state index < -0.39 is 6.04 Å². The van der Waals surface area contributed by atoms with Crippen LogP contribution >= 0.6 is 23.2 Å². The van der Waals surface area contributed by atoms with E-state index in [0.717, 1.165) is 0 Å². The van der Waals surface area contributed by atoms with Crippen molar-refractivity contribution >= 4 is 40.7 Å². The van der Waals surface area contributed by atoms with Crippen LogP contribution in [0, 0.1) is 0 Å². The molecule has 0 bridgehead atoms. The smallest absolute Gasteiger partial charge is 0.251 e. The lowest BCUT2D eigenvalue weighted by molar-refractivity contribution is -0.125. The Morgan fingerprint density at radius 2 is 1.68 bits per heavy atom. The van der Waals surface area contributed by atoms with Gasteiger partial charge in [-0.2, -0.15) is 0 Å². The van der Waals surface area contributed by atoms with E-state index in [1.807, 2.05) is 0 Å². The summed E-state index contributed by atoms with van der Waals surface area (Å²) in [7, 11) is 0. The lowest BCUT2D eigenvalue weighted by Crippen LogP contribution is -2.35. The summed E-state index contributed by atoms with van der Waals surface area (Å²) in [6.45, 7) is 1.36. The molecule has 0 aliphatic carbocycles. The Morgan fingerprint density at radius 1 is 1.00 bits per heavy atom. The molecule has 0 aromatic heterocycles. The normalized spacial score (nSPS) is 11.6. The zero-order valence-electron chi connectivity index (χ0n) is 11.8. The minimum atomic E-state index is -0.811. The summed E-state index contributed by atoms with van der Waals surface area (Å²) in [5, 5.41) is 6.42. The average molecular weight is 337 g/mol. The number of carbonyl (C=O) groups is 2. The fraction of sp³-hybridized carbons (Fsp3) is 0.125. The highest BCUT2D eigenvalue weighted by Crippen LogP contribution is 2.20. The fourth-order valence-corrected chi connectivity index (χ4v) is 2.26. The van der Waals surface area contributed by atoms with Crippen LogP contribution in [0.2, 0.25) is 10.0 Å². The van der Waals surface area contributed by atoms with Crippen molar-refractivity contribution in [1.82, 2.24) is 5.32 Å². The van der Waals surface area contributed by atoms with Gasteiger partial charge in [0.15, 0.2) is 0 Å². The Kier molecular flexibility index (Phi) is 5.41. The molecule has 2 N–H and O–H groups in total. The number of carbonyl (C=O) groups excluding carboxylic acids is 2. The second-order valence-electron chi connectivity index (χ2n) is 4.68. The summed E-state index contributed by atoms with van der Waals surface area (Å²) in [5.41, 5.74) is 1.20. The molecule has 2 amide bonds. The molecular formula is C16H14Cl2N2O2. The first-order chi connectivity index (χ1) is 10.5. The lowest BCUT2D eigenvalue weighted by atomic mass is 10.1. The van der Waals surface area contributed by atoms with Gasteiger partial charge in [0.25, 0.3) is 5.91 Å². The lowest BCUT2D eigenvalue weighted by Gasteiger charge is -2.18. The highest BCUT2D eigenvalue weighted by Gasteiger charge is 2.21. The summed E-state index contributed by atoms with van der Waals surface area (Å²) >= 11 is 11.7. The molecule has 0 spiro atoms. The van der Waals surface area contributed by atoms with Crippen molar-refractivity contribution < 1.29 is 9.59 Å². The summed E-state index contributed by atoms with van der Waals surface area (Å²) < 4.78 is 0. The molecule has 0 aliphatic rings. The topological polar surface area (TPSA) is 58.2 Å². The highest BCUT2D eigenvalue weighted by molar-refractivity contribution is 6.31. The molecule has 0 saturated heterocycles. The van der Waals surface area contributed by atoms with Crippen LogP contribution in [0.5, 0.6) is 0 Å². The van der Waals surface area contributed by atoms with Gasteiger partial charge in [-0.05, 0) is 35.9 Å². The van der Waals surface area contributed by atoms with Crippen molar-refractivity contribution in [2.45, 2.75) is 13.0 Å². The quantitative estimate of drug-likeness (QED) is 0.891. The maximum Gasteiger partial charge on any atom is 0.251 e. The molecule has 2 aromatic rings. The van der Waals surface area contributed by atoms with Gasteiger partial charge in [0.1, 0.15) is 6.04 Å². The second-order valence-corrected chi connectivity index (χ2v) is 5.56. The van der Waals surface area contributed by atoms with E-state index >= 15 is 0 Å². The van der Waals surface area contributed by atoms with Gasteiger partial charge in [0.2, 0.25) is 5.91 Å². The predicted octanol–water partition coefficient (Wildman–Crippen LogP) is 3.81. The Hall–Kier alpha value is -2.04. The number of anilines is 1. The van der Waals surface area contributed by atoms with Gasteiger partial charge in [-0.25, -0.2) is 0 Å². The van der Waals surface area contributed by atoms with E-state index in [2.05, 4.69) is 10.6 Å². The van der Waals surface area contributed by atoms with E-state index in [4.69, 9.17) is 23.2 Å². The molecule has 0 fully saturated rings. The molecule has 0 radical (unpaired) electrons. The summed E-state index contributed by atoms with van der Waals surface area (Å²) in [4.78, 5) is 23.8. The van der Waals surface area contributed by atoms with Crippen LogP contribution in [-0.2, 0) is 9.59 Å². The zero-order chi connectivity index (χ0) is 16.1. The molecule has 0 aliphatic heterocycles. The minimum Gasteiger partial charge on any atom is -0.341 e. The SMILES string of the molecule is CC(=O)NC(C(=O)Nc1cccc(Cl)c1)c1ccc(Cl)cc1. The van der Waals surface area contributed by atoms with Crippen LogP contribution in [0.15, 0.2) is 48.5 Å². The first-order valence-electron chi connectivity index (χ1n) is 6.54. The fourth-order valence-electron chi connectivity index (χ4n) is 1.94. The van der Waals surface area contributed by atoms with Crippen molar-refractivity contribution in [3.05, 3.63) is 64.1 Å². The molecule has 6 heteroatoms. The highest BCUT2D eigenvalue weighted by atomic mass is 35.5. The van der Waals surface area contributed by atoms with Gasteiger partial charge in [0.05, 0.1) is 0 Å². The molecule has 0 saturated carbocycles. The van der Waals surface area contributed by atoms with Gasteiger partial charge in [-0.3, -0.25) is 9.59 Å². The molecule has 1 unspecified atom stereocenters. The largest absolute Gasteiger partial charge is 0.341 e. The summed E-state index contributed by atoms with van der Waals surface area (Å²) in [5.74, 6) is -0.666. The van der Waals surface area contributed by atoms with Crippen molar-refractivity contribution in [2.75, 3.05) is 5.32 Å². The second kappa shape index (κ2) is 7.29. The summed E-state index contributed by atoms with van der Waals surface area (Å²) in [6, 6.07) is 12.7. The van der Waals surface area contributed by atoms with Gasteiger partial charge < -0.3 is 10.6 Å². The third-order valence-corrected chi connectivity index (χ3v) is 3.39. The minimum absolute atomic E-state index is 0.304. The number of nitrogens with one attached hydrogen (secondary N) is 2. The van der Waals surface area contributed by atoms with Crippen molar-refractivity contribution in [3.63, 3.8) is 0 Å². The molecule has 2 aromatic carbocycles. The Morgan fingerprint density at radius 3 is 2.27 bits per heavy atom. The van der Waals surface area contributed by atoms with Crippen LogP contribution in [0.25, 0.3) is 0 Å². The first-order valence-corrected chi connectivity index (χ1v) is 7.30. The average Bonchev–Trinajstić information content (AvgIpc) is 2.45. The van der Waals surface area contributed by atoms with E-state index in [1.54, 1.807) is 48.5 Å². The van der Waals surface area contributed by atoms with Crippen LogP contribution in [0.1, 0.15) is 18.5 Å². The summed E-state index contributed by atoms with van der Waals surface area (Å²) in [6.07, 6.45) is 0. The zero-order valence-corrected chi connectivity index (χ0v) is 13.3.